The number of esters is 1. The van der Waals surface area contributed by atoms with Crippen molar-refractivity contribution in [3.05, 3.63) is 34.9 Å². The molecule has 0 bridgehead atoms. The number of hydrogen-bond acceptors (Lipinski definition) is 6. The number of nitrogens with zero attached hydrogens (tertiary/aromatic N) is 2. The molecule has 2 rings (SSSR count). The van der Waals surface area contributed by atoms with E-state index in [1.165, 1.54) is 0 Å². The Labute approximate surface area is 178 Å². The third-order valence-electron chi connectivity index (χ3n) is 4.63. The van der Waals surface area contributed by atoms with Gasteiger partial charge >= 0.3 is 5.97 Å². The molecule has 0 amide bonds. The van der Waals surface area contributed by atoms with Crippen LogP contribution in [0.5, 0.6) is 0 Å². The molecule has 0 aliphatic carbocycles. The van der Waals surface area contributed by atoms with Gasteiger partial charge in [-0.05, 0) is 44.4 Å². The van der Waals surface area contributed by atoms with Gasteiger partial charge in [0.05, 0.1) is 26.2 Å². The lowest BCUT2D eigenvalue weighted by Crippen LogP contribution is -2.41. The van der Waals surface area contributed by atoms with Crippen LogP contribution < -0.4 is 0 Å². The minimum absolute atomic E-state index is 0.154. The van der Waals surface area contributed by atoms with Gasteiger partial charge in [0.2, 0.25) is 11.8 Å². The molecular weight excluding hydrogens is 392 g/mol. The van der Waals surface area contributed by atoms with Gasteiger partial charge < -0.3 is 14.2 Å². The van der Waals surface area contributed by atoms with Crippen molar-refractivity contribution in [2.24, 2.45) is 15.9 Å². The molecule has 3 atom stereocenters. The molecule has 1 aromatic carbocycles. The first-order valence-corrected chi connectivity index (χ1v) is 10.6. The average molecular weight is 423 g/mol. The Balaban J connectivity index is 2.49. The van der Waals surface area contributed by atoms with Crippen LogP contribution in [-0.4, -0.2) is 49.7 Å². The lowest BCUT2D eigenvalue weighted by atomic mass is 9.87. The highest BCUT2D eigenvalue weighted by Gasteiger charge is 2.37. The van der Waals surface area contributed by atoms with Gasteiger partial charge in [-0.3, -0.25) is 4.79 Å². The number of carbonyl (C=O) groups is 1. The van der Waals surface area contributed by atoms with Crippen molar-refractivity contribution in [1.29, 1.82) is 0 Å². The first-order chi connectivity index (χ1) is 13.9. The Bertz CT molecular complexity index is 731. The van der Waals surface area contributed by atoms with E-state index in [2.05, 4.69) is 13.8 Å². The number of hydrogen-bond donors (Lipinski definition) is 0. The van der Waals surface area contributed by atoms with Crippen molar-refractivity contribution in [1.82, 2.24) is 0 Å². The van der Waals surface area contributed by atoms with Crippen LogP contribution in [0.15, 0.2) is 34.3 Å². The lowest BCUT2D eigenvalue weighted by Gasteiger charge is -2.32. The van der Waals surface area contributed by atoms with Gasteiger partial charge in [-0.2, -0.15) is 0 Å². The van der Waals surface area contributed by atoms with Gasteiger partial charge in [-0.15, -0.1) is 0 Å². The largest absolute Gasteiger partial charge is 0.480 e. The predicted molar refractivity (Wildman–Crippen MR) is 116 cm³/mol. The molecule has 6 nitrogen and oxygen atoms in total. The monoisotopic (exact) mass is 422 g/mol. The maximum Gasteiger partial charge on any atom is 0.306 e. The van der Waals surface area contributed by atoms with Crippen molar-refractivity contribution in [3.8, 4) is 0 Å². The number of benzene rings is 1. The van der Waals surface area contributed by atoms with Crippen LogP contribution in [-0.2, 0) is 19.0 Å². The number of aliphatic imine (C=N–C) groups is 2. The highest BCUT2D eigenvalue weighted by molar-refractivity contribution is 6.30. The van der Waals surface area contributed by atoms with Crippen LogP contribution >= 0.6 is 11.6 Å². The molecule has 0 unspecified atom stereocenters. The Morgan fingerprint density at radius 3 is 2.03 bits per heavy atom. The molecule has 1 aliphatic rings. The van der Waals surface area contributed by atoms with E-state index < -0.39 is 6.04 Å². The summed E-state index contributed by atoms with van der Waals surface area (Å²) < 4.78 is 16.9. The zero-order valence-corrected chi connectivity index (χ0v) is 18.6. The zero-order valence-electron chi connectivity index (χ0n) is 17.9. The highest BCUT2D eigenvalue weighted by atomic mass is 35.5. The second-order valence-corrected chi connectivity index (χ2v) is 7.54. The first kappa shape index (κ1) is 23.2. The van der Waals surface area contributed by atoms with E-state index in [1.54, 1.807) is 19.1 Å². The van der Waals surface area contributed by atoms with Gasteiger partial charge in [0, 0.05) is 10.9 Å². The van der Waals surface area contributed by atoms with Crippen LogP contribution in [0.4, 0.5) is 0 Å². The first-order valence-electron chi connectivity index (χ1n) is 10.2. The summed E-state index contributed by atoms with van der Waals surface area (Å²) in [6, 6.07) is 6.73. The molecule has 0 radical (unpaired) electrons. The number of carbonyl (C=O) groups excluding carboxylic acids is 1. The van der Waals surface area contributed by atoms with Crippen LogP contribution in [0, 0.1) is 5.92 Å². The summed E-state index contributed by atoms with van der Waals surface area (Å²) in [5, 5.41) is 0.629. The van der Waals surface area contributed by atoms with Gasteiger partial charge in [-0.25, -0.2) is 9.98 Å². The molecule has 0 N–H and O–H groups in total. The molecule has 0 saturated heterocycles. The molecule has 1 aromatic rings. The molecule has 0 aromatic heterocycles. The van der Waals surface area contributed by atoms with Crippen molar-refractivity contribution in [2.75, 3.05) is 19.8 Å². The summed E-state index contributed by atoms with van der Waals surface area (Å²) in [5.74, 6) is 0.719. The van der Waals surface area contributed by atoms with Crippen molar-refractivity contribution < 1.29 is 19.0 Å². The van der Waals surface area contributed by atoms with Gasteiger partial charge in [0.1, 0.15) is 12.1 Å². The number of halogens is 1. The standard InChI is InChI=1S/C22H31ClN2O4/c1-6-27-18(26)13-17(15-9-11-16(23)12-10-15)20-22(29-8-3)24-19(14(4)5)21(25-20)28-7-2/h9-12,14,17,19-20H,6-8,13H2,1-5H3/t17-,19+,20-/m0/s1. The minimum atomic E-state index is -0.475. The molecule has 0 saturated carbocycles. The minimum Gasteiger partial charge on any atom is -0.480 e. The molecule has 1 heterocycles. The SMILES string of the molecule is CCOC(=O)C[C@@H](c1ccc(Cl)cc1)[C@@H]1N=C(OCC)[C@@H](C(C)C)N=C1OCC. The highest BCUT2D eigenvalue weighted by Crippen LogP contribution is 2.32. The molecule has 0 fully saturated rings. The molecule has 1 aliphatic heterocycles. The Hall–Kier alpha value is -2.08. The smallest absolute Gasteiger partial charge is 0.306 e. The molecule has 7 heteroatoms. The van der Waals surface area contributed by atoms with Gasteiger partial charge in [-0.1, -0.05) is 37.6 Å². The van der Waals surface area contributed by atoms with E-state index in [0.29, 0.717) is 36.6 Å². The summed E-state index contributed by atoms with van der Waals surface area (Å²) in [7, 11) is 0. The second kappa shape index (κ2) is 11.2. The van der Waals surface area contributed by atoms with Crippen LogP contribution in [0.25, 0.3) is 0 Å². The molecule has 0 spiro atoms. The zero-order chi connectivity index (χ0) is 21.4. The maximum absolute atomic E-state index is 12.4. The fourth-order valence-electron chi connectivity index (χ4n) is 3.30. The van der Waals surface area contributed by atoms with Crippen LogP contribution in [0.3, 0.4) is 0 Å². The van der Waals surface area contributed by atoms with Crippen LogP contribution in [0.2, 0.25) is 5.02 Å². The molecule has 29 heavy (non-hydrogen) atoms. The number of rotatable bonds is 8. The second-order valence-electron chi connectivity index (χ2n) is 7.10. The van der Waals surface area contributed by atoms with E-state index >= 15 is 0 Å². The summed E-state index contributed by atoms with van der Waals surface area (Å²) in [6.45, 7) is 11.1. The predicted octanol–water partition coefficient (Wildman–Crippen LogP) is 4.65. The normalized spacial score (nSPS) is 20.0. The van der Waals surface area contributed by atoms with Gasteiger partial charge in [0.25, 0.3) is 0 Å². The van der Waals surface area contributed by atoms with Crippen molar-refractivity contribution in [3.63, 3.8) is 0 Å². The topological polar surface area (TPSA) is 69.5 Å². The molecular formula is C22H31ClN2O4. The van der Waals surface area contributed by atoms with E-state index in [1.807, 2.05) is 26.0 Å². The average Bonchev–Trinajstić information content (AvgIpc) is 2.68. The molecule has 160 valence electrons. The Kier molecular flexibility index (Phi) is 8.96. The fourth-order valence-corrected chi connectivity index (χ4v) is 3.42. The van der Waals surface area contributed by atoms with E-state index in [4.69, 9.17) is 35.8 Å². The lowest BCUT2D eigenvalue weighted by molar-refractivity contribution is -0.143. The summed E-state index contributed by atoms with van der Waals surface area (Å²) in [4.78, 5) is 22.1. The Morgan fingerprint density at radius 1 is 0.966 bits per heavy atom. The maximum atomic E-state index is 12.4. The van der Waals surface area contributed by atoms with Crippen molar-refractivity contribution in [2.45, 2.75) is 59.0 Å². The van der Waals surface area contributed by atoms with E-state index in [-0.39, 0.29) is 30.3 Å². The summed E-state index contributed by atoms with van der Waals surface area (Å²) in [5.41, 5.74) is 0.919. The third kappa shape index (κ3) is 6.20. The fraction of sp³-hybridized carbons (Fsp3) is 0.591. The summed E-state index contributed by atoms with van der Waals surface area (Å²) in [6.07, 6.45) is 0.154. The van der Waals surface area contributed by atoms with Gasteiger partial charge in [0.15, 0.2) is 0 Å². The summed E-state index contributed by atoms with van der Waals surface area (Å²) >= 11 is 6.07. The quantitative estimate of drug-likeness (QED) is 0.571. The third-order valence-corrected chi connectivity index (χ3v) is 4.88. The van der Waals surface area contributed by atoms with E-state index in [9.17, 15) is 4.79 Å². The van der Waals surface area contributed by atoms with Crippen LogP contribution in [0.1, 0.15) is 52.5 Å². The Morgan fingerprint density at radius 2 is 1.52 bits per heavy atom. The number of ether oxygens (including phenoxy) is 3. The van der Waals surface area contributed by atoms with E-state index in [0.717, 1.165) is 5.56 Å². The van der Waals surface area contributed by atoms with Crippen molar-refractivity contribution >= 4 is 29.4 Å².